The number of hydrogen-bond donors (Lipinski definition) is 0. The van der Waals surface area contributed by atoms with Gasteiger partial charge in [0, 0.05) is 6.21 Å². The van der Waals surface area contributed by atoms with Crippen LogP contribution in [0.3, 0.4) is 0 Å². The van der Waals surface area contributed by atoms with Gasteiger partial charge in [0.05, 0.1) is 6.04 Å². The first-order valence-corrected chi connectivity index (χ1v) is 8.26. The van der Waals surface area contributed by atoms with Gasteiger partial charge in [0.15, 0.2) is 0 Å². The van der Waals surface area contributed by atoms with E-state index in [2.05, 4.69) is 4.99 Å². The molecular weight excluding hydrogens is 313 g/mol. The molecule has 0 radical (unpaired) electrons. The molecule has 3 aromatic carbocycles. The van der Waals surface area contributed by atoms with Crippen LogP contribution < -0.4 is 4.74 Å². The van der Waals surface area contributed by atoms with Crippen LogP contribution in [0.15, 0.2) is 83.9 Å². The maximum Gasteiger partial charge on any atom is 0.123 e. The molecule has 3 rings (SSSR count). The number of hydrogen-bond acceptors (Lipinski definition) is 2. The lowest BCUT2D eigenvalue weighted by Gasteiger charge is -2.07. The van der Waals surface area contributed by atoms with Crippen LogP contribution in [0, 0.1) is 5.82 Å². The average molecular weight is 333 g/mol. The monoisotopic (exact) mass is 333 g/mol. The molecule has 1 unspecified atom stereocenters. The van der Waals surface area contributed by atoms with E-state index in [1.807, 2.05) is 67.6 Å². The van der Waals surface area contributed by atoms with E-state index >= 15 is 0 Å². The zero-order valence-corrected chi connectivity index (χ0v) is 14.1. The second-order valence-electron chi connectivity index (χ2n) is 5.85. The van der Waals surface area contributed by atoms with Crippen molar-refractivity contribution in [2.75, 3.05) is 0 Å². The topological polar surface area (TPSA) is 21.6 Å². The molecule has 0 aliphatic carbocycles. The highest BCUT2D eigenvalue weighted by atomic mass is 19.1. The Morgan fingerprint density at radius 1 is 0.960 bits per heavy atom. The lowest BCUT2D eigenvalue weighted by atomic mass is 10.1. The molecule has 0 saturated heterocycles. The zero-order chi connectivity index (χ0) is 17.5. The van der Waals surface area contributed by atoms with Gasteiger partial charge >= 0.3 is 0 Å². The largest absolute Gasteiger partial charge is 0.489 e. The number of nitrogens with zero attached hydrogens (tertiary/aromatic N) is 1. The number of halogens is 1. The van der Waals surface area contributed by atoms with Crippen molar-refractivity contribution in [1.29, 1.82) is 0 Å². The molecule has 1 atom stereocenters. The van der Waals surface area contributed by atoms with Crippen LogP contribution in [-0.4, -0.2) is 6.21 Å². The van der Waals surface area contributed by atoms with Gasteiger partial charge in [-0.15, -0.1) is 0 Å². The Hall–Kier alpha value is -2.94. The first kappa shape index (κ1) is 16.9. The molecule has 3 heteroatoms. The zero-order valence-electron chi connectivity index (χ0n) is 14.1. The third-order valence-electron chi connectivity index (χ3n) is 3.91. The minimum Gasteiger partial charge on any atom is -0.489 e. The van der Waals surface area contributed by atoms with E-state index in [1.165, 1.54) is 12.1 Å². The van der Waals surface area contributed by atoms with Crippen molar-refractivity contribution in [3.63, 3.8) is 0 Å². The molecule has 0 spiro atoms. The fourth-order valence-electron chi connectivity index (χ4n) is 2.44. The van der Waals surface area contributed by atoms with Gasteiger partial charge in [0.25, 0.3) is 0 Å². The molecule has 0 amide bonds. The number of benzene rings is 3. The van der Waals surface area contributed by atoms with Gasteiger partial charge in [0.2, 0.25) is 0 Å². The summed E-state index contributed by atoms with van der Waals surface area (Å²) in [5.74, 6) is 0.582. The standard InChI is InChI=1S/C22H20FNO/c1-17(20-8-5-9-21(23)14-20)24-15-18-10-12-22(13-11-18)25-16-19-6-3-2-4-7-19/h2-15,17H,16H2,1H3. The Bertz CT molecular complexity index is 828. The van der Waals surface area contributed by atoms with Crippen molar-refractivity contribution >= 4 is 6.21 Å². The van der Waals surface area contributed by atoms with E-state index in [4.69, 9.17) is 4.74 Å². The molecule has 2 nitrogen and oxygen atoms in total. The summed E-state index contributed by atoms with van der Waals surface area (Å²) >= 11 is 0. The summed E-state index contributed by atoms with van der Waals surface area (Å²) in [4.78, 5) is 4.50. The Morgan fingerprint density at radius 2 is 1.72 bits per heavy atom. The van der Waals surface area contributed by atoms with Crippen LogP contribution in [0.2, 0.25) is 0 Å². The first-order chi connectivity index (χ1) is 12.2. The SMILES string of the molecule is CC(N=Cc1ccc(OCc2ccccc2)cc1)c1cccc(F)c1. The molecule has 0 aliphatic heterocycles. The van der Waals surface area contributed by atoms with Gasteiger partial charge in [-0.05, 0) is 60.0 Å². The molecule has 3 aromatic rings. The van der Waals surface area contributed by atoms with Gasteiger partial charge in [-0.25, -0.2) is 4.39 Å². The van der Waals surface area contributed by atoms with Gasteiger partial charge in [-0.1, -0.05) is 42.5 Å². The van der Waals surface area contributed by atoms with Crippen molar-refractivity contribution < 1.29 is 9.13 Å². The van der Waals surface area contributed by atoms with E-state index in [-0.39, 0.29) is 11.9 Å². The smallest absolute Gasteiger partial charge is 0.123 e. The maximum absolute atomic E-state index is 13.3. The van der Waals surface area contributed by atoms with Crippen LogP contribution in [0.1, 0.15) is 29.7 Å². The minimum absolute atomic E-state index is 0.0929. The molecule has 126 valence electrons. The molecule has 0 N–H and O–H groups in total. The predicted octanol–water partition coefficient (Wildman–Crippen LogP) is 5.58. The summed E-state index contributed by atoms with van der Waals surface area (Å²) in [6.07, 6.45) is 1.80. The van der Waals surface area contributed by atoms with Crippen LogP contribution in [0.5, 0.6) is 5.75 Å². The van der Waals surface area contributed by atoms with Crippen molar-refractivity contribution in [3.8, 4) is 5.75 Å². The Balaban J connectivity index is 1.58. The summed E-state index contributed by atoms with van der Waals surface area (Å²) in [7, 11) is 0. The fraction of sp³-hybridized carbons (Fsp3) is 0.136. The molecule has 0 saturated carbocycles. The lowest BCUT2D eigenvalue weighted by Crippen LogP contribution is -1.95. The molecule has 0 aliphatic rings. The van der Waals surface area contributed by atoms with Crippen molar-refractivity contribution in [3.05, 3.63) is 101 Å². The number of ether oxygens (including phenoxy) is 1. The summed E-state index contributed by atoms with van der Waals surface area (Å²) in [6, 6.07) is 24.3. The molecule has 25 heavy (non-hydrogen) atoms. The summed E-state index contributed by atoms with van der Waals surface area (Å²) in [6.45, 7) is 2.49. The quantitative estimate of drug-likeness (QED) is 0.539. The third kappa shape index (κ3) is 5.01. The highest BCUT2D eigenvalue weighted by Crippen LogP contribution is 2.18. The molecular formula is C22H20FNO. The van der Waals surface area contributed by atoms with Gasteiger partial charge in [-0.3, -0.25) is 4.99 Å². The minimum atomic E-state index is -0.237. The Labute approximate surface area is 147 Å². The molecule has 0 fully saturated rings. The highest BCUT2D eigenvalue weighted by Gasteiger charge is 2.03. The van der Waals surface area contributed by atoms with Crippen molar-refractivity contribution in [2.24, 2.45) is 4.99 Å². The highest BCUT2D eigenvalue weighted by molar-refractivity contribution is 5.79. The summed E-state index contributed by atoms with van der Waals surface area (Å²) < 4.78 is 19.0. The van der Waals surface area contributed by atoms with Crippen LogP contribution in [0.4, 0.5) is 4.39 Å². The lowest BCUT2D eigenvalue weighted by molar-refractivity contribution is 0.306. The van der Waals surface area contributed by atoms with E-state index < -0.39 is 0 Å². The van der Waals surface area contributed by atoms with Gasteiger partial charge in [0.1, 0.15) is 18.2 Å². The summed E-state index contributed by atoms with van der Waals surface area (Å²) in [5.41, 5.74) is 2.98. The predicted molar refractivity (Wildman–Crippen MR) is 99.6 cm³/mol. The van der Waals surface area contributed by atoms with E-state index in [1.54, 1.807) is 12.3 Å². The Kier molecular flexibility index (Phi) is 5.57. The Morgan fingerprint density at radius 3 is 2.44 bits per heavy atom. The third-order valence-corrected chi connectivity index (χ3v) is 3.91. The van der Waals surface area contributed by atoms with Crippen LogP contribution >= 0.6 is 0 Å². The number of aliphatic imine (C=N–C) groups is 1. The van der Waals surface area contributed by atoms with Crippen LogP contribution in [0.25, 0.3) is 0 Å². The average Bonchev–Trinajstić information content (AvgIpc) is 2.66. The second-order valence-corrected chi connectivity index (χ2v) is 5.85. The molecule has 0 heterocycles. The first-order valence-electron chi connectivity index (χ1n) is 8.26. The van der Waals surface area contributed by atoms with Gasteiger partial charge in [-0.2, -0.15) is 0 Å². The van der Waals surface area contributed by atoms with Gasteiger partial charge < -0.3 is 4.74 Å². The summed E-state index contributed by atoms with van der Waals surface area (Å²) in [5, 5.41) is 0. The molecule has 0 bridgehead atoms. The van der Waals surface area contributed by atoms with E-state index in [0.29, 0.717) is 6.61 Å². The second kappa shape index (κ2) is 8.25. The van der Waals surface area contributed by atoms with Crippen molar-refractivity contribution in [2.45, 2.75) is 19.6 Å². The number of rotatable bonds is 6. The van der Waals surface area contributed by atoms with Crippen LogP contribution in [-0.2, 0) is 6.61 Å². The molecule has 0 aromatic heterocycles. The van der Waals surface area contributed by atoms with E-state index in [9.17, 15) is 4.39 Å². The normalized spacial score (nSPS) is 12.2. The van der Waals surface area contributed by atoms with Crippen molar-refractivity contribution in [1.82, 2.24) is 0 Å². The van der Waals surface area contributed by atoms with E-state index in [0.717, 1.165) is 22.4 Å². The maximum atomic E-state index is 13.3. The fourth-order valence-corrected chi connectivity index (χ4v) is 2.44.